The molecule has 2 radical (unpaired) electrons. The Balaban J connectivity index is 2.46. The Morgan fingerprint density at radius 2 is 2.62 bits per heavy atom. The topological polar surface area (TPSA) is 41.6 Å². The third-order valence-electron chi connectivity index (χ3n) is 1.19. The van der Waals surface area contributed by atoms with E-state index < -0.39 is 0 Å². The first-order chi connectivity index (χ1) is 3.84. The van der Waals surface area contributed by atoms with Crippen molar-refractivity contribution in [3.05, 3.63) is 6.92 Å². The first kappa shape index (κ1) is 5.41. The molecule has 44 valence electrons. The Morgan fingerprint density at radius 1 is 1.88 bits per heavy atom. The highest BCUT2D eigenvalue weighted by Gasteiger charge is 2.09. The fourth-order valence-electron chi connectivity index (χ4n) is 0.685. The molecule has 1 aliphatic rings. The van der Waals surface area contributed by atoms with Gasteiger partial charge in [-0.1, -0.05) is 0 Å². The summed E-state index contributed by atoms with van der Waals surface area (Å²) in [7, 11) is 0. The highest BCUT2D eigenvalue weighted by Crippen LogP contribution is 1.94. The maximum Gasteiger partial charge on any atom is 0.191 e. The molecular weight excluding hydrogens is 102 g/mol. The van der Waals surface area contributed by atoms with Gasteiger partial charge in [-0.15, -0.1) is 0 Å². The summed E-state index contributed by atoms with van der Waals surface area (Å²) in [6, 6.07) is 0. The molecule has 0 aliphatic carbocycles. The van der Waals surface area contributed by atoms with Crippen LogP contribution in [0.15, 0.2) is 4.99 Å². The van der Waals surface area contributed by atoms with E-state index in [-0.39, 0.29) is 0 Å². The zero-order valence-corrected chi connectivity index (χ0v) is 4.67. The Bertz CT molecular complexity index is 108. The van der Waals surface area contributed by atoms with Gasteiger partial charge in [0.05, 0.1) is 6.54 Å². The first-order valence-corrected chi connectivity index (χ1v) is 2.59. The maximum atomic E-state index is 5.39. The summed E-state index contributed by atoms with van der Waals surface area (Å²) in [6.45, 7) is 7.44. The highest BCUT2D eigenvalue weighted by atomic mass is 15.3. The number of nitrogens with two attached hydrogens (primary N) is 1. The molecule has 0 amide bonds. The van der Waals surface area contributed by atoms with E-state index in [9.17, 15) is 0 Å². The molecule has 0 fully saturated rings. The van der Waals surface area contributed by atoms with E-state index >= 15 is 0 Å². The van der Waals surface area contributed by atoms with Gasteiger partial charge in [0.2, 0.25) is 0 Å². The maximum absolute atomic E-state index is 5.39. The predicted octanol–water partition coefficient (Wildman–Crippen LogP) is -0.672. The third-order valence-corrected chi connectivity index (χ3v) is 1.19. The van der Waals surface area contributed by atoms with Crippen LogP contribution >= 0.6 is 0 Å². The normalized spacial score (nSPS) is 19.1. The summed E-state index contributed by atoms with van der Waals surface area (Å²) in [5.74, 6) is 0.576. The lowest BCUT2D eigenvalue weighted by Gasteiger charge is -2.12. The fourth-order valence-corrected chi connectivity index (χ4v) is 0.685. The SMILES string of the molecule is [CH]CN1CCN=C1N. The van der Waals surface area contributed by atoms with Gasteiger partial charge < -0.3 is 10.6 Å². The molecule has 0 aromatic heterocycles. The molecule has 8 heavy (non-hydrogen) atoms. The van der Waals surface area contributed by atoms with Crippen molar-refractivity contribution in [2.24, 2.45) is 10.7 Å². The van der Waals surface area contributed by atoms with Crippen LogP contribution in [0.1, 0.15) is 0 Å². The number of nitrogens with zero attached hydrogens (tertiary/aromatic N) is 2. The van der Waals surface area contributed by atoms with Crippen LogP contribution in [0.5, 0.6) is 0 Å². The number of hydrogen-bond acceptors (Lipinski definition) is 3. The summed E-state index contributed by atoms with van der Waals surface area (Å²) in [5, 5.41) is 0. The molecule has 0 spiro atoms. The monoisotopic (exact) mass is 111 g/mol. The fraction of sp³-hybridized carbons (Fsp3) is 0.600. The summed E-state index contributed by atoms with van der Waals surface area (Å²) >= 11 is 0. The van der Waals surface area contributed by atoms with Crippen molar-refractivity contribution in [2.45, 2.75) is 0 Å². The average molecular weight is 111 g/mol. The Morgan fingerprint density at radius 3 is 2.88 bits per heavy atom. The van der Waals surface area contributed by atoms with Gasteiger partial charge in [0, 0.05) is 13.1 Å². The second kappa shape index (κ2) is 2.03. The molecule has 0 saturated heterocycles. The highest BCUT2D eigenvalue weighted by molar-refractivity contribution is 5.79. The minimum Gasteiger partial charge on any atom is -0.370 e. The van der Waals surface area contributed by atoms with Crippen LogP contribution in [0.25, 0.3) is 0 Å². The van der Waals surface area contributed by atoms with E-state index in [1.165, 1.54) is 0 Å². The van der Waals surface area contributed by atoms with E-state index in [1.54, 1.807) is 0 Å². The van der Waals surface area contributed by atoms with Gasteiger partial charge in [-0.25, -0.2) is 0 Å². The average Bonchev–Trinajstić information content (AvgIpc) is 2.14. The summed E-state index contributed by atoms with van der Waals surface area (Å²) < 4.78 is 0. The van der Waals surface area contributed by atoms with Gasteiger partial charge in [0.25, 0.3) is 0 Å². The van der Waals surface area contributed by atoms with E-state index in [0.717, 1.165) is 13.1 Å². The van der Waals surface area contributed by atoms with Crippen molar-refractivity contribution in [2.75, 3.05) is 19.6 Å². The molecule has 3 nitrogen and oxygen atoms in total. The van der Waals surface area contributed by atoms with Gasteiger partial charge >= 0.3 is 0 Å². The van der Waals surface area contributed by atoms with Crippen molar-refractivity contribution in [3.63, 3.8) is 0 Å². The minimum absolute atomic E-state index is 0.481. The largest absolute Gasteiger partial charge is 0.370 e. The van der Waals surface area contributed by atoms with Crippen LogP contribution in [0, 0.1) is 6.92 Å². The second-order valence-electron chi connectivity index (χ2n) is 1.69. The molecule has 0 bridgehead atoms. The van der Waals surface area contributed by atoms with E-state index in [1.807, 2.05) is 4.90 Å². The van der Waals surface area contributed by atoms with Crippen LogP contribution in [0.3, 0.4) is 0 Å². The van der Waals surface area contributed by atoms with Crippen molar-refractivity contribution in [1.29, 1.82) is 0 Å². The zero-order valence-electron chi connectivity index (χ0n) is 4.67. The van der Waals surface area contributed by atoms with E-state index in [2.05, 4.69) is 4.99 Å². The van der Waals surface area contributed by atoms with Crippen LogP contribution in [0.4, 0.5) is 0 Å². The quantitative estimate of drug-likeness (QED) is 0.487. The van der Waals surface area contributed by atoms with Crippen LogP contribution < -0.4 is 5.73 Å². The standard InChI is InChI=1S/C5H9N3/c1-2-8-4-3-7-5(8)6/h1H,2-4H2,(H2,6,7). The van der Waals surface area contributed by atoms with Crippen LogP contribution in [-0.4, -0.2) is 30.5 Å². The molecule has 0 aromatic carbocycles. The van der Waals surface area contributed by atoms with Gasteiger partial charge in [0.1, 0.15) is 0 Å². The Labute approximate surface area is 49.2 Å². The lowest BCUT2D eigenvalue weighted by molar-refractivity contribution is 0.501. The van der Waals surface area contributed by atoms with Gasteiger partial charge in [0.15, 0.2) is 5.96 Å². The Hall–Kier alpha value is -0.730. The second-order valence-corrected chi connectivity index (χ2v) is 1.69. The molecule has 1 aliphatic heterocycles. The number of rotatable bonds is 1. The molecule has 2 N–H and O–H groups in total. The number of aliphatic imine (C=N–C) groups is 1. The summed E-state index contributed by atoms with van der Waals surface area (Å²) in [4.78, 5) is 5.76. The molecule has 0 saturated carbocycles. The van der Waals surface area contributed by atoms with Crippen molar-refractivity contribution >= 4 is 5.96 Å². The third kappa shape index (κ3) is 0.757. The summed E-state index contributed by atoms with van der Waals surface area (Å²) in [6.07, 6.45) is 0. The summed E-state index contributed by atoms with van der Waals surface area (Å²) in [5.41, 5.74) is 5.39. The first-order valence-electron chi connectivity index (χ1n) is 2.59. The number of guanidine groups is 1. The minimum atomic E-state index is 0.481. The van der Waals surface area contributed by atoms with Gasteiger partial charge in [-0.3, -0.25) is 4.99 Å². The lowest BCUT2D eigenvalue weighted by Crippen LogP contribution is -2.33. The smallest absolute Gasteiger partial charge is 0.191 e. The molecule has 1 heterocycles. The zero-order chi connectivity index (χ0) is 5.98. The molecule has 0 aromatic rings. The Kier molecular flexibility index (Phi) is 1.37. The van der Waals surface area contributed by atoms with Gasteiger partial charge in [-0.05, 0) is 6.92 Å². The van der Waals surface area contributed by atoms with E-state index in [4.69, 9.17) is 12.7 Å². The van der Waals surface area contributed by atoms with Crippen LogP contribution in [0.2, 0.25) is 0 Å². The van der Waals surface area contributed by atoms with Crippen molar-refractivity contribution in [3.8, 4) is 0 Å². The lowest BCUT2D eigenvalue weighted by atomic mass is 10.5. The van der Waals surface area contributed by atoms with Gasteiger partial charge in [-0.2, -0.15) is 0 Å². The molecule has 3 heteroatoms. The molecular formula is C5H9N3. The molecule has 0 unspecified atom stereocenters. The van der Waals surface area contributed by atoms with Crippen molar-refractivity contribution < 1.29 is 0 Å². The van der Waals surface area contributed by atoms with E-state index in [0.29, 0.717) is 12.5 Å². The number of hydrogen-bond donors (Lipinski definition) is 1. The molecule has 1 rings (SSSR count). The molecule has 0 atom stereocenters. The van der Waals surface area contributed by atoms with Crippen molar-refractivity contribution in [1.82, 2.24) is 4.90 Å². The predicted molar refractivity (Wildman–Crippen MR) is 32.4 cm³/mol. The van der Waals surface area contributed by atoms with Crippen LogP contribution in [-0.2, 0) is 0 Å².